The third-order valence-electron chi connectivity index (χ3n) is 4.47. The Balaban J connectivity index is 1.58. The summed E-state index contributed by atoms with van der Waals surface area (Å²) in [5.74, 6) is -0.514. The Kier molecular flexibility index (Phi) is 7.50. The molecule has 0 aromatic carbocycles. The molecule has 26 heavy (non-hydrogen) atoms. The summed E-state index contributed by atoms with van der Waals surface area (Å²) in [6, 6.07) is 1.50. The summed E-state index contributed by atoms with van der Waals surface area (Å²) in [6.07, 6.45) is 6.43. The average molecular weight is 365 g/mol. The lowest BCUT2D eigenvalue weighted by Crippen LogP contribution is -2.43. The maximum atomic E-state index is 11.8. The van der Waals surface area contributed by atoms with Crippen molar-refractivity contribution in [2.24, 2.45) is 0 Å². The summed E-state index contributed by atoms with van der Waals surface area (Å²) in [4.78, 5) is 34.5. The molecule has 8 nitrogen and oxygen atoms in total. The van der Waals surface area contributed by atoms with E-state index in [1.54, 1.807) is 6.92 Å². The summed E-state index contributed by atoms with van der Waals surface area (Å²) < 4.78 is 5.29. The van der Waals surface area contributed by atoms with Gasteiger partial charge in [0.2, 0.25) is 5.91 Å². The molecule has 0 radical (unpaired) electrons. The second-order valence-electron chi connectivity index (χ2n) is 6.60. The molecule has 0 spiro atoms. The number of aromatic carboxylic acids is 1. The van der Waals surface area contributed by atoms with Gasteiger partial charge in [0.15, 0.2) is 0 Å². The fourth-order valence-corrected chi connectivity index (χ4v) is 3.05. The fourth-order valence-electron chi connectivity index (χ4n) is 3.05. The molecule has 1 aliphatic rings. The van der Waals surface area contributed by atoms with Crippen molar-refractivity contribution >= 4 is 17.9 Å². The van der Waals surface area contributed by atoms with Crippen LogP contribution in [0.15, 0.2) is 10.5 Å². The molecule has 1 fully saturated rings. The minimum Gasteiger partial charge on any atom is -0.478 e. The van der Waals surface area contributed by atoms with Crippen LogP contribution in [0.1, 0.15) is 66.8 Å². The van der Waals surface area contributed by atoms with Crippen LogP contribution in [0.4, 0.5) is 4.79 Å². The molecule has 1 heterocycles. The lowest BCUT2D eigenvalue weighted by molar-refractivity contribution is -0.121. The number of carbonyl (C=O) groups excluding carboxylic acids is 2. The molecule has 1 aliphatic carbocycles. The first kappa shape index (κ1) is 19.8. The van der Waals surface area contributed by atoms with Crippen LogP contribution in [-0.4, -0.2) is 35.6 Å². The average Bonchev–Trinajstić information content (AvgIpc) is 2.99. The molecule has 2 rings (SSSR count). The molecule has 0 bridgehead atoms. The highest BCUT2D eigenvalue weighted by atomic mass is 16.4. The number of hydrogen-bond acceptors (Lipinski definition) is 4. The van der Waals surface area contributed by atoms with Gasteiger partial charge in [-0.1, -0.05) is 19.3 Å². The Morgan fingerprint density at radius 1 is 1.19 bits per heavy atom. The van der Waals surface area contributed by atoms with Gasteiger partial charge in [-0.3, -0.25) is 4.79 Å². The largest absolute Gasteiger partial charge is 0.478 e. The van der Waals surface area contributed by atoms with Crippen molar-refractivity contribution in [2.75, 3.05) is 6.54 Å². The van der Waals surface area contributed by atoms with Gasteiger partial charge in [-0.25, -0.2) is 9.59 Å². The summed E-state index contributed by atoms with van der Waals surface area (Å²) in [5.41, 5.74) is 0.0995. The zero-order valence-corrected chi connectivity index (χ0v) is 15.1. The predicted octanol–water partition coefficient (Wildman–Crippen LogP) is 2.31. The quantitative estimate of drug-likeness (QED) is 0.527. The Morgan fingerprint density at radius 3 is 2.58 bits per heavy atom. The first-order chi connectivity index (χ1) is 12.5. The minimum absolute atomic E-state index is 0.0995. The summed E-state index contributed by atoms with van der Waals surface area (Å²) >= 11 is 0. The molecular weight excluding hydrogens is 338 g/mol. The molecule has 1 aromatic rings. The third-order valence-corrected chi connectivity index (χ3v) is 4.47. The van der Waals surface area contributed by atoms with Gasteiger partial charge in [-0.2, -0.15) is 0 Å². The maximum absolute atomic E-state index is 11.8. The van der Waals surface area contributed by atoms with Crippen LogP contribution in [-0.2, 0) is 11.3 Å². The van der Waals surface area contributed by atoms with Crippen LogP contribution in [0.25, 0.3) is 0 Å². The third kappa shape index (κ3) is 6.42. The molecule has 3 amide bonds. The number of urea groups is 1. The van der Waals surface area contributed by atoms with E-state index in [2.05, 4.69) is 16.0 Å². The molecular formula is C18H27N3O5. The standard InChI is InChI=1S/C18H27N3O5/c1-12-15(17(23)24)10-14(26-12)11-20-16(22)8-5-9-19-18(25)21-13-6-3-2-4-7-13/h10,13H,2-9,11H2,1H3,(H,20,22)(H,23,24)(H2,19,21,25). The number of aryl methyl sites for hydroxylation is 1. The van der Waals surface area contributed by atoms with Gasteiger partial charge in [0.1, 0.15) is 17.1 Å². The van der Waals surface area contributed by atoms with Crippen LogP contribution in [0, 0.1) is 6.92 Å². The van der Waals surface area contributed by atoms with Crippen molar-refractivity contribution in [3.05, 3.63) is 23.2 Å². The van der Waals surface area contributed by atoms with Gasteiger partial charge in [0.05, 0.1) is 6.54 Å². The highest BCUT2D eigenvalue weighted by Crippen LogP contribution is 2.17. The van der Waals surface area contributed by atoms with Crippen molar-refractivity contribution in [3.8, 4) is 0 Å². The van der Waals surface area contributed by atoms with Crippen LogP contribution in [0.5, 0.6) is 0 Å². The fraction of sp³-hybridized carbons (Fsp3) is 0.611. The molecule has 0 atom stereocenters. The molecule has 0 aliphatic heterocycles. The second-order valence-corrected chi connectivity index (χ2v) is 6.60. The highest BCUT2D eigenvalue weighted by molar-refractivity contribution is 5.88. The van der Waals surface area contributed by atoms with E-state index in [1.807, 2.05) is 0 Å². The van der Waals surface area contributed by atoms with Crippen LogP contribution >= 0.6 is 0 Å². The molecule has 144 valence electrons. The lowest BCUT2D eigenvalue weighted by atomic mass is 9.96. The number of carboxylic acids is 1. The number of hydrogen-bond donors (Lipinski definition) is 4. The normalized spacial score (nSPS) is 14.7. The topological polar surface area (TPSA) is 121 Å². The number of carbonyl (C=O) groups is 3. The number of rotatable bonds is 8. The zero-order chi connectivity index (χ0) is 18.9. The predicted molar refractivity (Wildman–Crippen MR) is 94.9 cm³/mol. The van der Waals surface area contributed by atoms with Crippen molar-refractivity contribution < 1.29 is 23.9 Å². The van der Waals surface area contributed by atoms with Gasteiger partial charge in [0, 0.05) is 19.0 Å². The summed E-state index contributed by atoms with van der Waals surface area (Å²) in [7, 11) is 0. The van der Waals surface area contributed by atoms with E-state index in [1.165, 1.54) is 12.5 Å². The van der Waals surface area contributed by atoms with E-state index in [0.29, 0.717) is 24.5 Å². The Morgan fingerprint density at radius 2 is 1.92 bits per heavy atom. The van der Waals surface area contributed by atoms with Gasteiger partial charge < -0.3 is 25.5 Å². The first-order valence-electron chi connectivity index (χ1n) is 9.09. The Bertz CT molecular complexity index is 635. The Hall–Kier alpha value is -2.51. The number of nitrogens with one attached hydrogen (secondary N) is 3. The van der Waals surface area contributed by atoms with Gasteiger partial charge in [-0.15, -0.1) is 0 Å². The van der Waals surface area contributed by atoms with Crippen LogP contribution in [0.2, 0.25) is 0 Å². The van der Waals surface area contributed by atoms with Gasteiger partial charge in [-0.05, 0) is 32.3 Å². The molecule has 4 N–H and O–H groups in total. The smallest absolute Gasteiger partial charge is 0.339 e. The van der Waals surface area contributed by atoms with E-state index in [4.69, 9.17) is 9.52 Å². The van der Waals surface area contributed by atoms with E-state index in [9.17, 15) is 14.4 Å². The van der Waals surface area contributed by atoms with E-state index in [-0.39, 0.29) is 36.5 Å². The van der Waals surface area contributed by atoms with Crippen LogP contribution < -0.4 is 16.0 Å². The monoisotopic (exact) mass is 365 g/mol. The van der Waals surface area contributed by atoms with E-state index >= 15 is 0 Å². The number of furan rings is 1. The number of carboxylic acid groups (broad SMARTS) is 1. The van der Waals surface area contributed by atoms with Crippen LogP contribution in [0.3, 0.4) is 0 Å². The summed E-state index contributed by atoms with van der Waals surface area (Å²) in [6.45, 7) is 2.14. The zero-order valence-electron chi connectivity index (χ0n) is 15.1. The minimum atomic E-state index is -1.05. The lowest BCUT2D eigenvalue weighted by Gasteiger charge is -2.22. The maximum Gasteiger partial charge on any atom is 0.339 e. The molecule has 0 unspecified atom stereocenters. The summed E-state index contributed by atoms with van der Waals surface area (Å²) in [5, 5.41) is 17.4. The van der Waals surface area contributed by atoms with Crippen molar-refractivity contribution in [1.82, 2.24) is 16.0 Å². The molecule has 1 aromatic heterocycles. The molecule has 8 heteroatoms. The van der Waals surface area contributed by atoms with Crippen molar-refractivity contribution in [2.45, 2.75) is 64.5 Å². The SMILES string of the molecule is Cc1oc(CNC(=O)CCCNC(=O)NC2CCCCC2)cc1C(=O)O. The highest BCUT2D eigenvalue weighted by Gasteiger charge is 2.16. The number of amides is 3. The van der Waals surface area contributed by atoms with E-state index < -0.39 is 5.97 Å². The molecule has 0 saturated heterocycles. The molecule has 1 saturated carbocycles. The van der Waals surface area contributed by atoms with Crippen molar-refractivity contribution in [3.63, 3.8) is 0 Å². The second kappa shape index (κ2) is 9.84. The van der Waals surface area contributed by atoms with Gasteiger partial charge >= 0.3 is 12.0 Å². The van der Waals surface area contributed by atoms with Gasteiger partial charge in [0.25, 0.3) is 0 Å². The van der Waals surface area contributed by atoms with E-state index in [0.717, 1.165) is 25.7 Å². The van der Waals surface area contributed by atoms with Crippen molar-refractivity contribution in [1.29, 1.82) is 0 Å². The first-order valence-corrected chi connectivity index (χ1v) is 9.09. The Labute approximate surface area is 152 Å².